The van der Waals surface area contributed by atoms with Crippen LogP contribution in [0.1, 0.15) is 78.5 Å². The zero-order valence-electron chi connectivity index (χ0n) is 23.9. The van der Waals surface area contributed by atoms with Gasteiger partial charge in [-0.05, 0) is 94.7 Å². The van der Waals surface area contributed by atoms with Crippen molar-refractivity contribution in [3.8, 4) is 0 Å². The van der Waals surface area contributed by atoms with Gasteiger partial charge in [-0.25, -0.2) is 0 Å². The van der Waals surface area contributed by atoms with Crippen LogP contribution in [0.5, 0.6) is 0 Å². The first kappa shape index (κ1) is 25.9. The second-order valence-electron chi connectivity index (χ2n) is 13.1. The molecule has 0 bridgehead atoms. The van der Waals surface area contributed by atoms with E-state index in [-0.39, 0.29) is 0 Å². The lowest BCUT2D eigenvalue weighted by Gasteiger charge is -2.40. The molecule has 1 unspecified atom stereocenters. The second-order valence-corrected chi connectivity index (χ2v) is 13.1. The molecule has 0 N–H and O–H groups in total. The van der Waals surface area contributed by atoms with Crippen LogP contribution in [0, 0.1) is 0 Å². The highest BCUT2D eigenvalue weighted by Gasteiger charge is 2.62. The van der Waals surface area contributed by atoms with Crippen molar-refractivity contribution in [2.24, 2.45) is 0 Å². The summed E-state index contributed by atoms with van der Waals surface area (Å²) in [5.74, 6) is 0. The average molecular weight is 508 g/mol. The van der Waals surface area contributed by atoms with Gasteiger partial charge < -0.3 is 18.6 Å². The van der Waals surface area contributed by atoms with Gasteiger partial charge in [0.15, 0.2) is 0 Å². The smallest absolute Gasteiger partial charge is 0.402 e. The topological polar surface area (TPSA) is 36.9 Å². The predicted molar refractivity (Wildman–Crippen MR) is 157 cm³/mol. The van der Waals surface area contributed by atoms with E-state index in [0.717, 1.165) is 17.4 Å². The number of benzene rings is 3. The first-order chi connectivity index (χ1) is 17.8. The fourth-order valence-corrected chi connectivity index (χ4v) is 6.07. The first-order valence-corrected chi connectivity index (χ1v) is 13.8. The van der Waals surface area contributed by atoms with Crippen LogP contribution >= 0.6 is 0 Å². The molecule has 0 amide bonds. The lowest BCUT2D eigenvalue weighted by Crippen LogP contribution is -2.49. The number of rotatable bonds is 3. The molecule has 0 aromatic heterocycles. The Hall–Kier alpha value is -2.37. The molecule has 1 aliphatic carbocycles. The summed E-state index contributed by atoms with van der Waals surface area (Å²) in [7, 11) is -0.934. The molecule has 3 aliphatic rings. The Morgan fingerprint density at radius 3 is 1.84 bits per heavy atom. The van der Waals surface area contributed by atoms with Crippen LogP contribution in [-0.4, -0.2) is 36.6 Å². The van der Waals surface area contributed by atoms with Crippen molar-refractivity contribution in [1.82, 2.24) is 0 Å². The highest BCUT2D eigenvalue weighted by molar-refractivity contribution is 6.63. The number of hydrogen-bond donors (Lipinski definition) is 0. The molecule has 0 radical (unpaired) electrons. The van der Waals surface area contributed by atoms with Crippen molar-refractivity contribution in [3.05, 3.63) is 83.4 Å². The molecule has 2 saturated heterocycles. The second kappa shape index (κ2) is 8.32. The minimum atomic E-state index is -0.560. The van der Waals surface area contributed by atoms with Gasteiger partial charge >= 0.3 is 14.2 Å². The fraction of sp³-hybridized carbons (Fsp3) is 0.438. The third-order valence-electron chi connectivity index (χ3n) is 9.78. The van der Waals surface area contributed by atoms with E-state index in [2.05, 4.69) is 128 Å². The van der Waals surface area contributed by atoms with Gasteiger partial charge in [0, 0.05) is 0 Å². The van der Waals surface area contributed by atoms with Crippen LogP contribution in [0.15, 0.2) is 66.7 Å². The van der Waals surface area contributed by atoms with Gasteiger partial charge in [-0.1, -0.05) is 72.8 Å². The van der Waals surface area contributed by atoms with Crippen molar-refractivity contribution >= 4 is 36.5 Å². The lowest BCUT2D eigenvalue weighted by atomic mass is 9.46. The van der Waals surface area contributed by atoms with E-state index in [0.29, 0.717) is 0 Å². The van der Waals surface area contributed by atoms with E-state index in [9.17, 15) is 0 Å². The van der Waals surface area contributed by atoms with Crippen LogP contribution in [0.2, 0.25) is 0 Å². The van der Waals surface area contributed by atoms with E-state index in [1.165, 1.54) is 21.9 Å². The van der Waals surface area contributed by atoms with E-state index in [1.54, 1.807) is 0 Å². The Kier molecular flexibility index (Phi) is 5.66. The molecule has 0 saturated carbocycles. The fourth-order valence-electron chi connectivity index (χ4n) is 6.07. The summed E-state index contributed by atoms with van der Waals surface area (Å²) >= 11 is 0. The Labute approximate surface area is 228 Å². The Balaban J connectivity index is 1.60. The molecular formula is C32H38B2O4. The van der Waals surface area contributed by atoms with Gasteiger partial charge in [-0.2, -0.15) is 0 Å². The van der Waals surface area contributed by atoms with Gasteiger partial charge in [0.2, 0.25) is 0 Å². The molecular weight excluding hydrogens is 470 g/mol. The van der Waals surface area contributed by atoms with Crippen molar-refractivity contribution in [2.45, 2.75) is 89.5 Å². The maximum Gasteiger partial charge on any atom is 0.495 e. The number of allylic oxidation sites excluding steroid dienone is 1. The highest BCUT2D eigenvalue weighted by atomic mass is 16.7. The van der Waals surface area contributed by atoms with Crippen LogP contribution in [0.4, 0.5) is 0 Å². The molecule has 38 heavy (non-hydrogen) atoms. The van der Waals surface area contributed by atoms with Crippen molar-refractivity contribution in [1.29, 1.82) is 0 Å². The Bertz CT molecular complexity index is 1400. The normalized spacial score (nSPS) is 26.6. The molecule has 196 valence electrons. The molecule has 6 heteroatoms. The minimum absolute atomic E-state index is 0.419. The lowest BCUT2D eigenvalue weighted by molar-refractivity contribution is 0.00578. The van der Waals surface area contributed by atoms with Gasteiger partial charge in [-0.3, -0.25) is 0 Å². The molecule has 2 aliphatic heterocycles. The van der Waals surface area contributed by atoms with Crippen LogP contribution in [0.3, 0.4) is 0 Å². The van der Waals surface area contributed by atoms with Crippen LogP contribution in [-0.2, 0) is 23.9 Å². The maximum atomic E-state index is 6.88. The molecule has 4 nitrogen and oxygen atoms in total. The summed E-state index contributed by atoms with van der Waals surface area (Å²) in [5, 5.41) is 1.86. The third kappa shape index (κ3) is 3.61. The van der Waals surface area contributed by atoms with E-state index in [1.807, 2.05) is 0 Å². The molecule has 2 fully saturated rings. The first-order valence-electron chi connectivity index (χ1n) is 13.8. The molecule has 1 atom stereocenters. The van der Waals surface area contributed by atoms with Gasteiger partial charge in [0.05, 0.1) is 27.7 Å². The summed E-state index contributed by atoms with van der Waals surface area (Å²) in [6.07, 6.45) is 5.26. The summed E-state index contributed by atoms with van der Waals surface area (Å²) in [4.78, 5) is 0. The van der Waals surface area contributed by atoms with Crippen molar-refractivity contribution in [3.63, 3.8) is 0 Å². The highest BCUT2D eigenvalue weighted by Crippen LogP contribution is 2.51. The zero-order chi connectivity index (χ0) is 27.1. The molecule has 3 aromatic rings. The summed E-state index contributed by atoms with van der Waals surface area (Å²) in [6.45, 7) is 16.9. The largest absolute Gasteiger partial charge is 0.495 e. The monoisotopic (exact) mass is 508 g/mol. The van der Waals surface area contributed by atoms with E-state index >= 15 is 0 Å². The van der Waals surface area contributed by atoms with E-state index in [4.69, 9.17) is 18.6 Å². The van der Waals surface area contributed by atoms with Crippen molar-refractivity contribution in [2.75, 3.05) is 0 Å². The van der Waals surface area contributed by atoms with Gasteiger partial charge in [0.1, 0.15) is 0 Å². The SMILES string of the molecule is CC1(C)OB(c2cccc3c2C=CCC3(B2OC(C)(C)C(C)(C)O2)c2cccc3ccccc23)OC1(C)C. The summed E-state index contributed by atoms with van der Waals surface area (Å²) in [5.41, 5.74) is 2.81. The van der Waals surface area contributed by atoms with E-state index < -0.39 is 42.0 Å². The summed E-state index contributed by atoms with van der Waals surface area (Å²) in [6, 6.07) is 21.7. The maximum absolute atomic E-state index is 6.88. The Morgan fingerprint density at radius 1 is 0.605 bits per heavy atom. The quantitative estimate of drug-likeness (QED) is 0.380. The van der Waals surface area contributed by atoms with Crippen LogP contribution < -0.4 is 5.46 Å². The Morgan fingerprint density at radius 2 is 1.16 bits per heavy atom. The van der Waals surface area contributed by atoms with Crippen LogP contribution in [0.25, 0.3) is 16.8 Å². The standard InChI is InChI=1S/C32H38B2O4/c1-28(2)29(3,4)36-33(35-28)27-20-12-19-26-24(27)17-13-21-32(26,34-37-30(5,6)31(7,8)38-34)25-18-11-15-22-14-9-10-16-23(22)25/h9-20H,21H2,1-8H3. The third-order valence-corrected chi connectivity index (χ3v) is 9.78. The number of fused-ring (bicyclic) bond motifs is 2. The minimum Gasteiger partial charge on any atom is -0.402 e. The molecule has 2 heterocycles. The molecule has 3 aromatic carbocycles. The number of hydrogen-bond acceptors (Lipinski definition) is 4. The van der Waals surface area contributed by atoms with Crippen molar-refractivity contribution < 1.29 is 18.6 Å². The molecule has 6 rings (SSSR count). The van der Waals surface area contributed by atoms with Gasteiger partial charge in [0.25, 0.3) is 0 Å². The molecule has 0 spiro atoms. The van der Waals surface area contributed by atoms with Gasteiger partial charge in [-0.15, -0.1) is 0 Å². The zero-order valence-corrected chi connectivity index (χ0v) is 23.9. The summed E-state index contributed by atoms with van der Waals surface area (Å²) < 4.78 is 26.8. The average Bonchev–Trinajstić information content (AvgIpc) is 3.22. The predicted octanol–water partition coefficient (Wildman–Crippen LogP) is 6.47.